The number of nitrogens with zero attached hydrogens (tertiary/aromatic N) is 1. The van der Waals surface area contributed by atoms with Gasteiger partial charge in [0.1, 0.15) is 0 Å². The fraction of sp³-hybridized carbons (Fsp3) is 0.562. The second kappa shape index (κ2) is 6.49. The first-order valence-electron chi connectivity index (χ1n) is 6.92. The number of benzene rings is 1. The summed E-state index contributed by atoms with van der Waals surface area (Å²) in [7, 11) is 1.74. The zero-order valence-corrected chi connectivity index (χ0v) is 13.8. The predicted molar refractivity (Wildman–Crippen MR) is 87.1 cm³/mol. The van der Waals surface area contributed by atoms with E-state index >= 15 is 0 Å². The molecular formula is C16H25ClN2O. The summed E-state index contributed by atoms with van der Waals surface area (Å²) in [6.07, 6.45) is 1.53. The highest BCUT2D eigenvalue weighted by atomic mass is 35.5. The van der Waals surface area contributed by atoms with Crippen LogP contribution in [0, 0.1) is 11.3 Å². The summed E-state index contributed by atoms with van der Waals surface area (Å²) in [5, 5.41) is 0.580. The zero-order chi connectivity index (χ0) is 15.5. The Morgan fingerprint density at radius 1 is 1.40 bits per heavy atom. The lowest BCUT2D eigenvalue weighted by molar-refractivity contribution is -0.119. The van der Waals surface area contributed by atoms with Gasteiger partial charge in [-0.05, 0) is 36.0 Å². The van der Waals surface area contributed by atoms with Crippen LogP contribution in [0.25, 0.3) is 0 Å². The van der Waals surface area contributed by atoms with E-state index in [0.717, 1.165) is 6.42 Å². The molecule has 1 unspecified atom stereocenters. The Balaban J connectivity index is 2.74. The van der Waals surface area contributed by atoms with Gasteiger partial charge in [-0.15, -0.1) is 0 Å². The van der Waals surface area contributed by atoms with E-state index in [0.29, 0.717) is 28.7 Å². The third-order valence-corrected chi connectivity index (χ3v) is 3.45. The van der Waals surface area contributed by atoms with Crippen molar-refractivity contribution in [1.29, 1.82) is 0 Å². The van der Waals surface area contributed by atoms with Crippen LogP contribution < -0.4 is 10.6 Å². The number of hydrogen-bond donors (Lipinski definition) is 1. The highest BCUT2D eigenvalue weighted by Crippen LogP contribution is 2.29. The van der Waals surface area contributed by atoms with Crippen molar-refractivity contribution in [3.05, 3.63) is 23.2 Å². The number of halogens is 1. The van der Waals surface area contributed by atoms with Crippen LogP contribution in [0.1, 0.15) is 40.5 Å². The van der Waals surface area contributed by atoms with Crippen LogP contribution in [-0.4, -0.2) is 13.0 Å². The molecule has 4 heteroatoms. The zero-order valence-electron chi connectivity index (χ0n) is 13.0. The molecule has 0 saturated carbocycles. The number of carbonyl (C=O) groups excluding carboxylic acids is 1. The number of nitrogen functional groups attached to an aromatic ring is 1. The second-order valence-electron chi connectivity index (χ2n) is 6.73. The van der Waals surface area contributed by atoms with Gasteiger partial charge in [-0.1, -0.05) is 39.3 Å². The molecule has 0 aliphatic rings. The first-order valence-corrected chi connectivity index (χ1v) is 7.29. The van der Waals surface area contributed by atoms with Gasteiger partial charge >= 0.3 is 0 Å². The predicted octanol–water partition coefficient (Wildman–Crippen LogP) is 4.35. The van der Waals surface area contributed by atoms with Crippen molar-refractivity contribution in [2.24, 2.45) is 11.3 Å². The Bertz CT molecular complexity index is 480. The molecule has 0 heterocycles. The fourth-order valence-corrected chi connectivity index (χ4v) is 2.66. The molecule has 1 atom stereocenters. The molecule has 0 bridgehead atoms. The second-order valence-corrected chi connectivity index (χ2v) is 7.17. The van der Waals surface area contributed by atoms with Gasteiger partial charge in [0.2, 0.25) is 5.91 Å². The average Bonchev–Trinajstić information content (AvgIpc) is 2.28. The Labute approximate surface area is 127 Å². The summed E-state index contributed by atoms with van der Waals surface area (Å²) in [5.41, 5.74) is 7.37. The van der Waals surface area contributed by atoms with Crippen LogP contribution in [0.4, 0.5) is 11.4 Å². The van der Waals surface area contributed by atoms with E-state index < -0.39 is 0 Å². The van der Waals surface area contributed by atoms with Crippen LogP contribution in [0.5, 0.6) is 0 Å². The summed E-state index contributed by atoms with van der Waals surface area (Å²) in [4.78, 5) is 13.9. The molecule has 3 nitrogen and oxygen atoms in total. The van der Waals surface area contributed by atoms with Gasteiger partial charge < -0.3 is 10.6 Å². The lowest BCUT2D eigenvalue weighted by Gasteiger charge is -2.25. The minimum Gasteiger partial charge on any atom is -0.397 e. The van der Waals surface area contributed by atoms with Crippen molar-refractivity contribution >= 4 is 28.9 Å². The SMILES string of the molecule is CC(CC(=O)N(C)c1cc(Cl)ccc1N)CC(C)(C)C. The molecule has 0 spiro atoms. The molecule has 1 aromatic rings. The summed E-state index contributed by atoms with van der Waals surface area (Å²) in [6, 6.07) is 5.17. The molecule has 0 aliphatic carbocycles. The Kier molecular flexibility index (Phi) is 5.46. The quantitative estimate of drug-likeness (QED) is 0.840. The minimum atomic E-state index is 0.0655. The number of amides is 1. The molecule has 112 valence electrons. The van der Waals surface area contributed by atoms with E-state index in [-0.39, 0.29) is 11.3 Å². The monoisotopic (exact) mass is 296 g/mol. The van der Waals surface area contributed by atoms with Crippen molar-refractivity contribution in [2.45, 2.75) is 40.5 Å². The fourth-order valence-electron chi connectivity index (χ4n) is 2.49. The smallest absolute Gasteiger partial charge is 0.227 e. The van der Waals surface area contributed by atoms with E-state index in [2.05, 4.69) is 27.7 Å². The maximum absolute atomic E-state index is 12.3. The summed E-state index contributed by atoms with van der Waals surface area (Å²) >= 11 is 5.96. The number of anilines is 2. The van der Waals surface area contributed by atoms with E-state index in [1.165, 1.54) is 0 Å². The van der Waals surface area contributed by atoms with Crippen LogP contribution in [-0.2, 0) is 4.79 Å². The van der Waals surface area contributed by atoms with Crippen LogP contribution in [0.3, 0.4) is 0 Å². The molecular weight excluding hydrogens is 272 g/mol. The number of carbonyl (C=O) groups is 1. The normalized spacial score (nSPS) is 13.1. The molecule has 1 aromatic carbocycles. The Morgan fingerprint density at radius 2 is 2.00 bits per heavy atom. The molecule has 20 heavy (non-hydrogen) atoms. The highest BCUT2D eigenvalue weighted by molar-refractivity contribution is 6.31. The van der Waals surface area contributed by atoms with Gasteiger partial charge in [-0.3, -0.25) is 4.79 Å². The standard InChI is InChI=1S/C16H25ClN2O/c1-11(10-16(2,3)4)8-15(20)19(5)14-9-12(17)6-7-13(14)18/h6-7,9,11H,8,10,18H2,1-5H3. The number of rotatable bonds is 4. The topological polar surface area (TPSA) is 46.3 Å². The number of hydrogen-bond acceptors (Lipinski definition) is 2. The van der Waals surface area contributed by atoms with Crippen LogP contribution in [0.2, 0.25) is 5.02 Å². The van der Waals surface area contributed by atoms with Gasteiger partial charge in [0, 0.05) is 18.5 Å². The van der Waals surface area contributed by atoms with Crippen molar-refractivity contribution in [3.8, 4) is 0 Å². The third-order valence-electron chi connectivity index (χ3n) is 3.21. The molecule has 1 amide bonds. The highest BCUT2D eigenvalue weighted by Gasteiger charge is 2.21. The molecule has 1 rings (SSSR count). The van der Waals surface area contributed by atoms with Crippen molar-refractivity contribution < 1.29 is 4.79 Å². The first-order chi connectivity index (χ1) is 9.10. The molecule has 2 N–H and O–H groups in total. The molecule has 0 fully saturated rings. The van der Waals surface area contributed by atoms with Gasteiger partial charge in [0.05, 0.1) is 11.4 Å². The summed E-state index contributed by atoms with van der Waals surface area (Å²) in [5.74, 6) is 0.404. The van der Waals surface area contributed by atoms with Crippen molar-refractivity contribution in [1.82, 2.24) is 0 Å². The van der Waals surface area contributed by atoms with Crippen molar-refractivity contribution in [3.63, 3.8) is 0 Å². The summed E-state index contributed by atoms with van der Waals surface area (Å²) in [6.45, 7) is 8.67. The molecule has 0 saturated heterocycles. The van der Waals surface area contributed by atoms with E-state index in [9.17, 15) is 4.79 Å². The lowest BCUT2D eigenvalue weighted by atomic mass is 9.84. The van der Waals surface area contributed by atoms with Gasteiger partial charge in [-0.25, -0.2) is 0 Å². The largest absolute Gasteiger partial charge is 0.397 e. The van der Waals surface area contributed by atoms with Crippen LogP contribution >= 0.6 is 11.6 Å². The first kappa shape index (κ1) is 16.8. The summed E-state index contributed by atoms with van der Waals surface area (Å²) < 4.78 is 0. The average molecular weight is 297 g/mol. The van der Waals surface area contributed by atoms with Gasteiger partial charge in [-0.2, -0.15) is 0 Å². The van der Waals surface area contributed by atoms with Gasteiger partial charge in [0.25, 0.3) is 0 Å². The van der Waals surface area contributed by atoms with Crippen LogP contribution in [0.15, 0.2) is 18.2 Å². The minimum absolute atomic E-state index is 0.0655. The van der Waals surface area contributed by atoms with E-state index in [1.807, 2.05) is 0 Å². The van der Waals surface area contributed by atoms with E-state index in [4.69, 9.17) is 17.3 Å². The molecule has 0 aliphatic heterocycles. The Morgan fingerprint density at radius 3 is 2.55 bits per heavy atom. The Hall–Kier alpha value is -1.22. The lowest BCUT2D eigenvalue weighted by Crippen LogP contribution is -2.29. The van der Waals surface area contributed by atoms with Gasteiger partial charge in [0.15, 0.2) is 0 Å². The molecule has 0 aromatic heterocycles. The maximum atomic E-state index is 12.3. The molecule has 0 radical (unpaired) electrons. The third kappa shape index (κ3) is 5.04. The maximum Gasteiger partial charge on any atom is 0.227 e. The van der Waals surface area contributed by atoms with E-state index in [1.54, 1.807) is 30.1 Å². The van der Waals surface area contributed by atoms with Crippen molar-refractivity contribution in [2.75, 3.05) is 17.7 Å². The number of nitrogens with two attached hydrogens (primary N) is 1.